The molecule has 506 valence electrons. The van der Waals surface area contributed by atoms with Gasteiger partial charge < -0.3 is 88.2 Å². The molecule has 8 aromatic rings. The van der Waals surface area contributed by atoms with Crippen molar-refractivity contribution >= 4 is 107 Å². The molecule has 0 unspecified atom stereocenters. The van der Waals surface area contributed by atoms with Gasteiger partial charge >= 0.3 is 19.1 Å². The van der Waals surface area contributed by atoms with Crippen LogP contribution in [0, 0.1) is 34.0 Å². The van der Waals surface area contributed by atoms with Gasteiger partial charge in [0.25, 0.3) is 0 Å². The molecule has 1 aromatic heterocycles. The molecule has 0 amide bonds. The molecular weight excluding hydrogens is 1470 g/mol. The van der Waals surface area contributed by atoms with Crippen molar-refractivity contribution in [3.05, 3.63) is 151 Å². The van der Waals surface area contributed by atoms with Gasteiger partial charge in [0.15, 0.2) is 69.0 Å². The Hall–Kier alpha value is -9.67. The monoisotopic (exact) mass is 1530 g/mol. The van der Waals surface area contributed by atoms with E-state index in [1.807, 2.05) is 54.9 Å². The van der Waals surface area contributed by atoms with E-state index in [0.29, 0.717) is 166 Å². The molecule has 7 heterocycles. The smallest absolute Gasteiger partial charge is 0.486 e. The molecule has 0 saturated carbocycles. The van der Waals surface area contributed by atoms with Crippen LogP contribution >= 0.6 is 60.4 Å². The summed E-state index contributed by atoms with van der Waals surface area (Å²) < 4.78 is 71.2. The molecule has 0 atom stereocenters. The van der Waals surface area contributed by atoms with Crippen LogP contribution in [-0.2, 0) is 9.53 Å². The van der Waals surface area contributed by atoms with Gasteiger partial charge in [0.05, 0.1) is 43.6 Å². The van der Waals surface area contributed by atoms with E-state index < -0.39 is 17.8 Å². The lowest BCUT2D eigenvalue weighted by atomic mass is 9.78. The number of carbonyl (C=O) groups excluding carboxylic acids is 1. The fourth-order valence-electron chi connectivity index (χ4n) is 9.20. The van der Waals surface area contributed by atoms with Gasteiger partial charge in [-0.3, -0.25) is 9.78 Å². The number of rotatable bonds is 5. The number of benzene rings is 7. The van der Waals surface area contributed by atoms with Gasteiger partial charge in [0.2, 0.25) is 0 Å². The molecule has 6 aliphatic rings. The van der Waals surface area contributed by atoms with Crippen LogP contribution in [-0.4, -0.2) is 130 Å². The quantitative estimate of drug-likeness (QED) is 0.0403. The van der Waals surface area contributed by atoms with E-state index in [1.165, 1.54) is 18.2 Å². The number of nitrogens with two attached hydrogens (primary N) is 2. The molecular formula is C68H66BBr3N6O18S. The van der Waals surface area contributed by atoms with Crippen LogP contribution in [0.1, 0.15) is 55.2 Å². The Morgan fingerprint density at radius 1 is 0.546 bits per heavy atom. The fraction of sp³-hybridized carbons (Fsp3) is 0.265. The molecule has 24 nitrogen and oxygen atoms in total. The van der Waals surface area contributed by atoms with Crippen LogP contribution in [0.2, 0.25) is 0 Å². The van der Waals surface area contributed by atoms with E-state index in [-0.39, 0.29) is 35.9 Å². The molecule has 0 radical (unpaired) electrons. The van der Waals surface area contributed by atoms with Crippen LogP contribution in [0.4, 0.5) is 11.4 Å². The van der Waals surface area contributed by atoms with Gasteiger partial charge in [0.1, 0.15) is 108 Å². The van der Waals surface area contributed by atoms with E-state index in [0.717, 1.165) is 41.1 Å². The van der Waals surface area contributed by atoms with Crippen molar-refractivity contribution in [1.82, 2.24) is 4.98 Å². The Labute approximate surface area is 590 Å². The molecule has 97 heavy (non-hydrogen) atoms. The summed E-state index contributed by atoms with van der Waals surface area (Å²) in [7, 11) is -1.63. The molecule has 7 aromatic carbocycles. The summed E-state index contributed by atoms with van der Waals surface area (Å²) in [5.41, 5.74) is 16.1. The maximum Gasteiger partial charge on any atom is 0.492 e. The number of hydrogen-bond acceptors (Lipinski definition) is 24. The molecule has 29 heteroatoms. The highest BCUT2D eigenvalue weighted by Gasteiger charge is 2.28. The number of carbonyl (C=O) groups is 2. The molecule has 0 aliphatic carbocycles. The van der Waals surface area contributed by atoms with Gasteiger partial charge in [-0.2, -0.15) is 28.4 Å². The molecule has 14 rings (SSSR count). The van der Waals surface area contributed by atoms with E-state index in [9.17, 15) is 14.9 Å². The molecule has 6 aliphatic heterocycles. The summed E-state index contributed by atoms with van der Waals surface area (Å²) in [6.07, 6.45) is 3.65. The summed E-state index contributed by atoms with van der Waals surface area (Å²) in [5.74, 6) is 5.20. The van der Waals surface area contributed by atoms with Crippen molar-refractivity contribution in [1.29, 1.82) is 15.8 Å². The van der Waals surface area contributed by atoms with E-state index in [1.54, 1.807) is 63.2 Å². The first-order chi connectivity index (χ1) is 46.3. The Morgan fingerprint density at radius 2 is 0.990 bits per heavy atom. The van der Waals surface area contributed by atoms with Crippen LogP contribution in [0.5, 0.6) is 69.0 Å². The minimum Gasteiger partial charge on any atom is -0.486 e. The van der Waals surface area contributed by atoms with Crippen LogP contribution in [0.15, 0.2) is 129 Å². The highest BCUT2D eigenvalue weighted by Crippen LogP contribution is 2.46. The van der Waals surface area contributed by atoms with Crippen LogP contribution < -0.4 is 73.8 Å². The number of ether oxygens (including phenoxy) is 13. The van der Waals surface area contributed by atoms with Gasteiger partial charge in [-0.15, -0.1) is 0 Å². The number of hydrogen-bond donors (Lipinski definition) is 6. The summed E-state index contributed by atoms with van der Waals surface area (Å²) in [4.78, 5) is 25.8. The minimum absolute atomic E-state index is 0. The largest absolute Gasteiger partial charge is 0.492 e. The average Bonchev–Trinajstić information content (AvgIpc) is 0.777. The number of nitriles is 3. The van der Waals surface area contributed by atoms with Gasteiger partial charge in [-0.1, -0.05) is 47.6 Å². The number of aromatic carboxylic acids is 1. The van der Waals surface area contributed by atoms with Crippen LogP contribution in [0.25, 0.3) is 21.9 Å². The second-order valence-electron chi connectivity index (χ2n) is 20.6. The zero-order valence-corrected chi connectivity index (χ0v) is 57.4. The zero-order valence-electron chi connectivity index (χ0n) is 51.7. The Kier molecular flexibility index (Phi) is 27.7. The molecule has 0 bridgehead atoms. The van der Waals surface area contributed by atoms with Crippen molar-refractivity contribution in [2.75, 3.05) is 97.4 Å². The van der Waals surface area contributed by atoms with E-state index in [4.69, 9.17) is 98.7 Å². The number of carboxylic acid groups (broad SMARTS) is 1. The Morgan fingerprint density at radius 3 is 1.52 bits per heavy atom. The highest BCUT2D eigenvalue weighted by atomic mass is 79.9. The van der Waals surface area contributed by atoms with Crippen LogP contribution in [0.3, 0.4) is 0 Å². The van der Waals surface area contributed by atoms with Crippen molar-refractivity contribution in [2.24, 2.45) is 0 Å². The van der Waals surface area contributed by atoms with Crippen molar-refractivity contribution in [3.8, 4) is 98.3 Å². The van der Waals surface area contributed by atoms with Crippen molar-refractivity contribution < 1.29 is 86.3 Å². The van der Waals surface area contributed by atoms with Gasteiger partial charge in [-0.05, 0) is 137 Å². The lowest BCUT2D eigenvalue weighted by molar-refractivity contribution is -0.145. The first kappa shape index (κ1) is 74.7. The Balaban J connectivity index is 0.000000163. The van der Waals surface area contributed by atoms with Crippen molar-refractivity contribution in [3.63, 3.8) is 0 Å². The number of aromatic nitrogens is 1. The number of nitrogens with zero attached hydrogens (tertiary/aromatic N) is 4. The summed E-state index contributed by atoms with van der Waals surface area (Å²) in [6.45, 7) is 11.4. The maximum atomic E-state index is 10.8. The number of halogens is 3. The van der Waals surface area contributed by atoms with Gasteiger partial charge in [0, 0.05) is 38.8 Å². The lowest BCUT2D eigenvalue weighted by Gasteiger charge is -2.22. The predicted octanol–water partition coefficient (Wildman–Crippen LogP) is 11.3. The number of esters is 1. The lowest BCUT2D eigenvalue weighted by Crippen LogP contribution is -2.34. The van der Waals surface area contributed by atoms with E-state index in [2.05, 4.69) is 83.6 Å². The number of anilines is 2. The standard InChI is InChI=1S/C18H11BrN2O2.C9H8BNO4.C9H6BrNO2.C9H8O4.C8H8BrNO2.C8H9NO2.C6H12O2S.CH4/c19-13-3-1-12-9-21-10-16(15(12)7-13)14-4-2-11(8-20)17-18(14)23-6-5-22-17;11-5-6-1-2-7(10(12)13)9-8(6)14-3-4-15-9;10-7-2-1-6(5-11)8-9(7)13-4-3-12-8;10-9(11)6-2-1-3-7-8(6)13-5-4-12-7;9-5-1-2-6(10)8-7(5)11-3-4-12-8;9-6-2-1-3-7-8(6)11-5-4-10-7;1-4-8-5(7)6(2,3)9;/h1-4,7,9-10H,5-6H2;1-2,12-13H,3-4H2;1-2H,3-4H2;1-3H,4-5H2,(H,10,11);1-2H,3-4,10H2;1-3H,4-5,9H2;9H,4H2,1-3H3;1H4. The molecule has 0 spiro atoms. The number of nitrogen functional groups attached to an aromatic ring is 2. The van der Waals surface area contributed by atoms with E-state index >= 15 is 0 Å². The SMILES string of the molecule is C.CCOC(=O)C(C)(C)S.N#Cc1ccc(-c2cncc3ccc(Br)cc23)c2c1OCCO2.N#Cc1ccc(B(O)O)c2c1OCCO2.N#Cc1ccc(Br)c2c1OCCO2.Nc1ccc(Br)c2c1OCCO2.Nc1cccc2c1OCCO2.O=C(O)c1cccc2c1OCCO2. The summed E-state index contributed by atoms with van der Waals surface area (Å²) in [6, 6.07) is 36.3. The third kappa shape index (κ3) is 19.3. The topological polar surface area (TPSA) is 351 Å². The molecule has 7 N–H and O–H groups in total. The third-order valence-electron chi connectivity index (χ3n) is 13.5. The number of para-hydroxylation sites is 2. The maximum absolute atomic E-state index is 10.8. The minimum atomic E-state index is -1.63. The first-order valence-electron chi connectivity index (χ1n) is 29.3. The fourth-order valence-corrected chi connectivity index (χ4v) is 10.5. The zero-order chi connectivity index (χ0) is 68.9. The second-order valence-corrected chi connectivity index (χ2v) is 24.3. The predicted molar refractivity (Wildman–Crippen MR) is 375 cm³/mol. The number of pyridine rings is 1. The molecule has 0 saturated heterocycles. The number of fused-ring (bicyclic) bond motifs is 7. The van der Waals surface area contributed by atoms with Gasteiger partial charge in [-0.25, -0.2) is 4.79 Å². The molecule has 0 fully saturated rings. The average molecular weight is 1540 g/mol. The normalized spacial score (nSPS) is 13.2. The first-order valence-corrected chi connectivity index (χ1v) is 32.1. The third-order valence-corrected chi connectivity index (χ3v) is 15.5. The highest BCUT2D eigenvalue weighted by molar-refractivity contribution is 9.11. The summed E-state index contributed by atoms with van der Waals surface area (Å²) >= 11 is 14.2. The van der Waals surface area contributed by atoms with Crippen molar-refractivity contribution in [2.45, 2.75) is 32.9 Å². The number of carboxylic acids is 1. The number of thiol groups is 1. The second kappa shape index (κ2) is 35.9. The Bertz CT molecular complexity index is 4210. The summed E-state index contributed by atoms with van der Waals surface area (Å²) in [5, 5.41) is 55.9.